The van der Waals surface area contributed by atoms with Gasteiger partial charge in [-0.25, -0.2) is 9.59 Å². The Labute approximate surface area is 139 Å². The number of aliphatic carboxylic acids is 1. The Bertz CT molecular complexity index is 804. The van der Waals surface area contributed by atoms with Gasteiger partial charge in [0.2, 0.25) is 5.91 Å². The summed E-state index contributed by atoms with van der Waals surface area (Å²) in [5, 5.41) is 11.7. The van der Waals surface area contributed by atoms with Gasteiger partial charge in [-0.1, -0.05) is 26.0 Å². The van der Waals surface area contributed by atoms with E-state index < -0.39 is 12.0 Å². The number of rotatable bonds is 7. The molecule has 130 valence electrons. The molecule has 1 aromatic heterocycles. The number of aromatic nitrogens is 2. The molecule has 1 aromatic carbocycles. The number of carbonyl (C=O) groups excluding carboxylic acids is 1. The van der Waals surface area contributed by atoms with Gasteiger partial charge in [-0.2, -0.15) is 0 Å². The van der Waals surface area contributed by atoms with Crippen LogP contribution in [-0.4, -0.2) is 32.2 Å². The number of nitrogens with one attached hydrogen (secondary N) is 1. The summed E-state index contributed by atoms with van der Waals surface area (Å²) in [4.78, 5) is 35.6. The molecule has 0 aliphatic heterocycles. The second-order valence-electron chi connectivity index (χ2n) is 6.32. The van der Waals surface area contributed by atoms with E-state index >= 15 is 0 Å². The maximum absolute atomic E-state index is 12.3. The van der Waals surface area contributed by atoms with Crippen LogP contribution in [0.3, 0.4) is 0 Å². The van der Waals surface area contributed by atoms with Crippen molar-refractivity contribution in [1.82, 2.24) is 14.5 Å². The Morgan fingerprint density at radius 1 is 1.21 bits per heavy atom. The third-order valence-corrected chi connectivity index (χ3v) is 3.95. The van der Waals surface area contributed by atoms with E-state index in [-0.39, 0.29) is 30.5 Å². The highest BCUT2D eigenvalue weighted by Gasteiger charge is 2.21. The molecule has 2 aromatic rings. The number of carbonyl (C=O) groups is 2. The molecule has 7 heteroatoms. The van der Waals surface area contributed by atoms with Crippen molar-refractivity contribution >= 4 is 22.9 Å². The summed E-state index contributed by atoms with van der Waals surface area (Å²) < 4.78 is 3.07. The second-order valence-corrected chi connectivity index (χ2v) is 6.32. The fraction of sp³-hybridized carbons (Fsp3) is 0.471. The maximum Gasteiger partial charge on any atom is 0.328 e. The standard InChI is InChI=1S/C17H23N3O4/c1-11(2)10-12(16(22)23)18-15(21)8-9-20-14-7-5-4-6-13(14)19(3)17(20)24/h4-7,11-12H,8-10H2,1-3H3,(H,18,21)(H,22,23)/t12-/m1/s1. The van der Waals surface area contributed by atoms with Crippen LogP contribution in [0.2, 0.25) is 0 Å². The smallest absolute Gasteiger partial charge is 0.328 e. The molecule has 2 rings (SSSR count). The van der Waals surface area contributed by atoms with Gasteiger partial charge in [0, 0.05) is 20.0 Å². The lowest BCUT2D eigenvalue weighted by atomic mass is 10.0. The van der Waals surface area contributed by atoms with Gasteiger partial charge in [0.25, 0.3) is 0 Å². The zero-order chi connectivity index (χ0) is 17.9. The molecule has 0 aliphatic carbocycles. The highest BCUT2D eigenvalue weighted by atomic mass is 16.4. The van der Waals surface area contributed by atoms with E-state index in [1.54, 1.807) is 7.05 Å². The Morgan fingerprint density at radius 2 is 1.83 bits per heavy atom. The molecule has 1 heterocycles. The van der Waals surface area contributed by atoms with Gasteiger partial charge in [0.1, 0.15) is 6.04 Å². The van der Waals surface area contributed by atoms with Gasteiger partial charge in [0.15, 0.2) is 0 Å². The highest BCUT2D eigenvalue weighted by Crippen LogP contribution is 2.12. The molecule has 0 bridgehead atoms. The van der Waals surface area contributed by atoms with Crippen LogP contribution in [0.25, 0.3) is 11.0 Å². The quantitative estimate of drug-likeness (QED) is 0.800. The number of benzene rings is 1. The summed E-state index contributed by atoms with van der Waals surface area (Å²) in [6.45, 7) is 4.01. The number of carboxylic acid groups (broad SMARTS) is 1. The Hall–Kier alpha value is -2.57. The number of imidazole rings is 1. The van der Waals surface area contributed by atoms with Crippen LogP contribution in [0.4, 0.5) is 0 Å². The van der Waals surface area contributed by atoms with Crippen molar-refractivity contribution in [3.8, 4) is 0 Å². The lowest BCUT2D eigenvalue weighted by Crippen LogP contribution is -2.42. The first kappa shape index (κ1) is 17.8. The van der Waals surface area contributed by atoms with Crippen LogP contribution >= 0.6 is 0 Å². The molecule has 0 fully saturated rings. The predicted octanol–water partition coefficient (Wildman–Crippen LogP) is 1.35. The molecule has 0 aliphatic rings. The van der Waals surface area contributed by atoms with Gasteiger partial charge < -0.3 is 10.4 Å². The average Bonchev–Trinajstić information content (AvgIpc) is 2.76. The van der Waals surface area contributed by atoms with Crippen LogP contribution in [0, 0.1) is 5.92 Å². The van der Waals surface area contributed by atoms with Gasteiger partial charge in [-0.05, 0) is 24.5 Å². The average molecular weight is 333 g/mol. The molecule has 0 spiro atoms. The summed E-state index contributed by atoms with van der Waals surface area (Å²) in [6.07, 6.45) is 0.422. The van der Waals surface area contributed by atoms with Crippen molar-refractivity contribution in [3.05, 3.63) is 34.7 Å². The van der Waals surface area contributed by atoms with Gasteiger partial charge in [-0.3, -0.25) is 13.9 Å². The SMILES string of the molecule is CC(C)C[C@@H](NC(=O)CCn1c(=O)n(C)c2ccccc21)C(=O)O. The monoisotopic (exact) mass is 333 g/mol. The molecule has 0 radical (unpaired) electrons. The lowest BCUT2D eigenvalue weighted by molar-refractivity contribution is -0.142. The topological polar surface area (TPSA) is 93.3 Å². The second kappa shape index (κ2) is 7.33. The first-order valence-corrected chi connectivity index (χ1v) is 7.97. The third-order valence-electron chi connectivity index (χ3n) is 3.95. The summed E-state index contributed by atoms with van der Waals surface area (Å²) in [6, 6.07) is 6.45. The molecule has 0 saturated carbocycles. The molecule has 7 nitrogen and oxygen atoms in total. The van der Waals surface area contributed by atoms with Crippen LogP contribution in [-0.2, 0) is 23.2 Å². The van der Waals surface area contributed by atoms with Gasteiger partial charge >= 0.3 is 11.7 Å². The molecule has 2 N–H and O–H groups in total. The zero-order valence-corrected chi connectivity index (χ0v) is 14.2. The third kappa shape index (κ3) is 3.84. The van der Waals surface area contributed by atoms with Crippen LogP contribution in [0.15, 0.2) is 29.1 Å². The maximum atomic E-state index is 12.3. The zero-order valence-electron chi connectivity index (χ0n) is 14.2. The largest absolute Gasteiger partial charge is 0.480 e. The number of para-hydroxylation sites is 2. The van der Waals surface area contributed by atoms with Gasteiger partial charge in [-0.15, -0.1) is 0 Å². The van der Waals surface area contributed by atoms with Crippen molar-refractivity contribution in [2.24, 2.45) is 13.0 Å². The molecular formula is C17H23N3O4. The fourth-order valence-corrected chi connectivity index (χ4v) is 2.75. The number of aryl methyl sites for hydroxylation is 2. The Kier molecular flexibility index (Phi) is 5.43. The van der Waals surface area contributed by atoms with E-state index in [2.05, 4.69) is 5.32 Å². The van der Waals surface area contributed by atoms with Crippen molar-refractivity contribution in [1.29, 1.82) is 0 Å². The number of hydrogen-bond donors (Lipinski definition) is 2. The molecule has 24 heavy (non-hydrogen) atoms. The minimum Gasteiger partial charge on any atom is -0.480 e. The predicted molar refractivity (Wildman–Crippen MR) is 90.8 cm³/mol. The number of amides is 1. The van der Waals surface area contributed by atoms with Crippen molar-refractivity contribution in [2.75, 3.05) is 0 Å². The molecule has 1 atom stereocenters. The summed E-state index contributed by atoms with van der Waals surface area (Å²) in [5.74, 6) is -1.26. The van der Waals surface area contributed by atoms with Crippen molar-refractivity contribution < 1.29 is 14.7 Å². The first-order chi connectivity index (χ1) is 11.3. The van der Waals surface area contributed by atoms with Crippen LogP contribution < -0.4 is 11.0 Å². The number of fused-ring (bicyclic) bond motifs is 1. The lowest BCUT2D eigenvalue weighted by Gasteiger charge is -2.16. The molecule has 1 amide bonds. The van der Waals surface area contributed by atoms with E-state index in [1.165, 1.54) is 9.13 Å². The first-order valence-electron chi connectivity index (χ1n) is 7.97. The van der Waals surface area contributed by atoms with E-state index in [4.69, 9.17) is 0 Å². The van der Waals surface area contributed by atoms with E-state index in [9.17, 15) is 19.5 Å². The summed E-state index contributed by atoms with van der Waals surface area (Å²) in [5.41, 5.74) is 1.36. The number of hydrogen-bond acceptors (Lipinski definition) is 3. The molecular weight excluding hydrogens is 310 g/mol. The number of nitrogens with zero attached hydrogens (tertiary/aromatic N) is 2. The highest BCUT2D eigenvalue weighted by molar-refractivity contribution is 5.83. The minimum atomic E-state index is -1.04. The fourth-order valence-electron chi connectivity index (χ4n) is 2.75. The van der Waals surface area contributed by atoms with E-state index in [1.807, 2.05) is 38.1 Å². The van der Waals surface area contributed by atoms with Crippen molar-refractivity contribution in [2.45, 2.75) is 39.3 Å². The van der Waals surface area contributed by atoms with Crippen LogP contribution in [0.1, 0.15) is 26.7 Å². The Morgan fingerprint density at radius 3 is 2.42 bits per heavy atom. The summed E-state index contributed by atoms with van der Waals surface area (Å²) in [7, 11) is 1.68. The summed E-state index contributed by atoms with van der Waals surface area (Å²) >= 11 is 0. The number of carboxylic acids is 1. The molecule has 0 saturated heterocycles. The van der Waals surface area contributed by atoms with E-state index in [0.717, 1.165) is 11.0 Å². The van der Waals surface area contributed by atoms with Crippen LogP contribution in [0.5, 0.6) is 0 Å². The van der Waals surface area contributed by atoms with Gasteiger partial charge in [0.05, 0.1) is 11.0 Å². The Balaban J connectivity index is 2.08. The molecule has 0 unspecified atom stereocenters. The van der Waals surface area contributed by atoms with E-state index in [0.29, 0.717) is 6.42 Å². The normalized spacial score (nSPS) is 12.5. The van der Waals surface area contributed by atoms with Crippen molar-refractivity contribution in [3.63, 3.8) is 0 Å². The minimum absolute atomic E-state index is 0.0514.